The van der Waals surface area contributed by atoms with Gasteiger partial charge in [0, 0.05) is 38.0 Å². The molecule has 132 valence electrons. The maximum absolute atomic E-state index is 13.1. The number of rotatable bonds is 5. The zero-order valence-corrected chi connectivity index (χ0v) is 14.8. The molecule has 0 saturated carbocycles. The lowest BCUT2D eigenvalue weighted by Crippen LogP contribution is -2.50. The SMILES string of the molecule is CC(C)(C)C(=O)CN1CCN(C(=O)CCc2cccc(F)c2)CC1. The lowest BCUT2D eigenvalue weighted by molar-refractivity contribution is -0.133. The minimum atomic E-state index is -0.322. The molecule has 24 heavy (non-hydrogen) atoms. The Balaban J connectivity index is 1.75. The number of carbonyl (C=O) groups is 2. The number of benzene rings is 1. The maximum Gasteiger partial charge on any atom is 0.222 e. The van der Waals surface area contributed by atoms with Gasteiger partial charge in [-0.1, -0.05) is 32.9 Å². The summed E-state index contributed by atoms with van der Waals surface area (Å²) in [6, 6.07) is 6.39. The van der Waals surface area contributed by atoms with Gasteiger partial charge in [0.1, 0.15) is 5.82 Å². The minimum Gasteiger partial charge on any atom is -0.340 e. The van der Waals surface area contributed by atoms with Gasteiger partial charge in [0.2, 0.25) is 5.91 Å². The number of halogens is 1. The van der Waals surface area contributed by atoms with Crippen LogP contribution in [0.15, 0.2) is 24.3 Å². The summed E-state index contributed by atoms with van der Waals surface area (Å²) in [5, 5.41) is 0. The summed E-state index contributed by atoms with van der Waals surface area (Å²) in [5.41, 5.74) is 0.524. The van der Waals surface area contributed by atoms with Gasteiger partial charge in [-0.25, -0.2) is 4.39 Å². The summed E-state index contributed by atoms with van der Waals surface area (Å²) in [6.07, 6.45) is 0.948. The lowest BCUT2D eigenvalue weighted by Gasteiger charge is -2.35. The van der Waals surface area contributed by atoms with Crippen LogP contribution in [0.25, 0.3) is 0 Å². The van der Waals surface area contributed by atoms with E-state index in [0.717, 1.165) is 18.7 Å². The number of piperazine rings is 1. The van der Waals surface area contributed by atoms with Crippen molar-refractivity contribution in [3.8, 4) is 0 Å². The Morgan fingerprint density at radius 3 is 2.38 bits per heavy atom. The van der Waals surface area contributed by atoms with Crippen molar-refractivity contribution in [2.45, 2.75) is 33.6 Å². The lowest BCUT2D eigenvalue weighted by atomic mass is 9.90. The normalized spacial score (nSPS) is 16.2. The molecule has 0 unspecified atom stereocenters. The van der Waals surface area contributed by atoms with Gasteiger partial charge in [-0.2, -0.15) is 0 Å². The third-order valence-corrected chi connectivity index (χ3v) is 4.45. The summed E-state index contributed by atoms with van der Waals surface area (Å²) in [6.45, 7) is 9.01. The van der Waals surface area contributed by atoms with E-state index in [1.54, 1.807) is 6.07 Å². The van der Waals surface area contributed by atoms with Crippen molar-refractivity contribution in [1.29, 1.82) is 0 Å². The van der Waals surface area contributed by atoms with Crippen LogP contribution in [-0.2, 0) is 16.0 Å². The zero-order valence-electron chi connectivity index (χ0n) is 14.8. The van der Waals surface area contributed by atoms with Crippen molar-refractivity contribution >= 4 is 11.7 Å². The van der Waals surface area contributed by atoms with Gasteiger partial charge in [-0.05, 0) is 24.1 Å². The molecular formula is C19H27FN2O2. The fraction of sp³-hybridized carbons (Fsp3) is 0.579. The Morgan fingerprint density at radius 2 is 1.79 bits per heavy atom. The van der Waals surface area contributed by atoms with E-state index in [2.05, 4.69) is 4.90 Å². The number of carbonyl (C=O) groups excluding carboxylic acids is 2. The molecule has 1 aliphatic heterocycles. The number of nitrogens with zero attached hydrogens (tertiary/aromatic N) is 2. The van der Waals surface area contributed by atoms with Gasteiger partial charge in [0.25, 0.3) is 0 Å². The van der Waals surface area contributed by atoms with Crippen molar-refractivity contribution in [3.63, 3.8) is 0 Å². The van der Waals surface area contributed by atoms with E-state index in [4.69, 9.17) is 0 Å². The largest absolute Gasteiger partial charge is 0.340 e. The van der Waals surface area contributed by atoms with Gasteiger partial charge < -0.3 is 4.90 Å². The fourth-order valence-electron chi connectivity index (χ4n) is 2.70. The van der Waals surface area contributed by atoms with Crippen molar-refractivity contribution in [1.82, 2.24) is 9.80 Å². The van der Waals surface area contributed by atoms with Crippen LogP contribution in [0.4, 0.5) is 4.39 Å². The highest BCUT2D eigenvalue weighted by Crippen LogP contribution is 2.16. The Kier molecular flexibility index (Phi) is 6.10. The molecule has 0 atom stereocenters. The number of hydrogen-bond acceptors (Lipinski definition) is 3. The van der Waals surface area contributed by atoms with Crippen LogP contribution in [0.2, 0.25) is 0 Å². The molecule has 0 aromatic heterocycles. The van der Waals surface area contributed by atoms with Gasteiger partial charge in [0.15, 0.2) is 5.78 Å². The summed E-state index contributed by atoms with van der Waals surface area (Å²) in [5.74, 6) is 0.0616. The Morgan fingerprint density at radius 1 is 1.12 bits per heavy atom. The summed E-state index contributed by atoms with van der Waals surface area (Å²) >= 11 is 0. The number of amides is 1. The van der Waals surface area contributed by atoms with Crippen LogP contribution in [0, 0.1) is 11.2 Å². The molecule has 1 aromatic rings. The summed E-state index contributed by atoms with van der Waals surface area (Å²) < 4.78 is 13.1. The molecule has 1 amide bonds. The second kappa shape index (κ2) is 7.88. The number of Topliss-reactive ketones (excluding diaryl/α,β-unsaturated/α-hetero) is 1. The Bertz CT molecular complexity index is 587. The van der Waals surface area contributed by atoms with Crippen LogP contribution < -0.4 is 0 Å². The van der Waals surface area contributed by atoms with E-state index < -0.39 is 0 Å². The van der Waals surface area contributed by atoms with Crippen LogP contribution in [0.5, 0.6) is 0 Å². The predicted molar refractivity (Wildman–Crippen MR) is 92.2 cm³/mol. The van der Waals surface area contributed by atoms with Crippen LogP contribution in [-0.4, -0.2) is 54.2 Å². The van der Waals surface area contributed by atoms with Crippen molar-refractivity contribution in [2.75, 3.05) is 32.7 Å². The van der Waals surface area contributed by atoms with Crippen LogP contribution in [0.1, 0.15) is 32.8 Å². The molecule has 2 rings (SSSR count). The maximum atomic E-state index is 13.1. The van der Waals surface area contributed by atoms with E-state index >= 15 is 0 Å². The zero-order chi connectivity index (χ0) is 17.7. The van der Waals surface area contributed by atoms with Gasteiger partial charge in [-0.3, -0.25) is 14.5 Å². The van der Waals surface area contributed by atoms with Crippen molar-refractivity contribution in [3.05, 3.63) is 35.6 Å². The molecule has 1 aromatic carbocycles. The monoisotopic (exact) mass is 334 g/mol. The molecule has 0 aliphatic carbocycles. The van der Waals surface area contributed by atoms with Crippen molar-refractivity contribution < 1.29 is 14.0 Å². The van der Waals surface area contributed by atoms with E-state index in [1.165, 1.54) is 12.1 Å². The second-order valence-corrected chi connectivity index (χ2v) is 7.46. The molecule has 5 heteroatoms. The third kappa shape index (κ3) is 5.41. The summed E-state index contributed by atoms with van der Waals surface area (Å²) in [7, 11) is 0. The molecule has 1 aliphatic rings. The van der Waals surface area contributed by atoms with E-state index in [9.17, 15) is 14.0 Å². The highest BCUT2D eigenvalue weighted by Gasteiger charge is 2.26. The fourth-order valence-corrected chi connectivity index (χ4v) is 2.70. The standard InChI is InChI=1S/C19H27FN2O2/c1-19(2,3)17(23)14-21-9-11-22(12-10-21)18(24)8-7-15-5-4-6-16(20)13-15/h4-6,13H,7-12,14H2,1-3H3. The molecule has 4 nitrogen and oxygen atoms in total. The average Bonchev–Trinajstić information content (AvgIpc) is 2.52. The highest BCUT2D eigenvalue weighted by atomic mass is 19.1. The molecule has 0 bridgehead atoms. The topological polar surface area (TPSA) is 40.6 Å². The minimum absolute atomic E-state index is 0.0982. The van der Waals surface area contributed by atoms with E-state index in [0.29, 0.717) is 32.5 Å². The first-order chi connectivity index (χ1) is 11.3. The quantitative estimate of drug-likeness (QED) is 0.831. The first kappa shape index (κ1) is 18.6. The molecule has 0 spiro atoms. The van der Waals surface area contributed by atoms with Gasteiger partial charge >= 0.3 is 0 Å². The molecule has 1 saturated heterocycles. The second-order valence-electron chi connectivity index (χ2n) is 7.46. The molecule has 1 fully saturated rings. The van der Waals surface area contributed by atoms with Gasteiger partial charge in [-0.15, -0.1) is 0 Å². The van der Waals surface area contributed by atoms with Crippen LogP contribution in [0.3, 0.4) is 0 Å². The van der Waals surface area contributed by atoms with Crippen molar-refractivity contribution in [2.24, 2.45) is 5.41 Å². The smallest absolute Gasteiger partial charge is 0.222 e. The van der Waals surface area contributed by atoms with Gasteiger partial charge in [0.05, 0.1) is 6.54 Å². The molecule has 0 radical (unpaired) electrons. The summed E-state index contributed by atoms with van der Waals surface area (Å²) in [4.78, 5) is 28.3. The molecule has 1 heterocycles. The Labute approximate surface area is 143 Å². The third-order valence-electron chi connectivity index (χ3n) is 4.45. The molecule has 0 N–H and O–H groups in total. The average molecular weight is 334 g/mol. The van der Waals surface area contributed by atoms with Crippen LogP contribution >= 0.6 is 0 Å². The van der Waals surface area contributed by atoms with E-state index in [1.807, 2.05) is 31.7 Å². The number of aryl methyl sites for hydroxylation is 1. The Hall–Kier alpha value is -1.75. The first-order valence-electron chi connectivity index (χ1n) is 8.53. The number of hydrogen-bond donors (Lipinski definition) is 0. The van der Waals surface area contributed by atoms with E-state index in [-0.39, 0.29) is 22.9 Å². The number of ketones is 1. The first-order valence-corrected chi connectivity index (χ1v) is 8.53. The highest BCUT2D eigenvalue weighted by molar-refractivity contribution is 5.85. The molecular weight excluding hydrogens is 307 g/mol. The predicted octanol–water partition coefficient (Wildman–Crippen LogP) is 2.52.